The third-order valence-corrected chi connectivity index (χ3v) is 5.18. The maximum atomic E-state index is 14.7. The van der Waals surface area contributed by atoms with Gasteiger partial charge in [0.1, 0.15) is 5.67 Å². The largest absolute Gasteiger partial charge is 0.352 e. The van der Waals surface area contributed by atoms with Crippen LogP contribution in [0.25, 0.3) is 0 Å². The zero-order valence-corrected chi connectivity index (χ0v) is 15.6. The molecule has 0 radical (unpaired) electrons. The number of hydrogen-bond acceptors (Lipinski definition) is 3. The first kappa shape index (κ1) is 18.8. The van der Waals surface area contributed by atoms with Gasteiger partial charge >= 0.3 is 0 Å². The number of hydrogen-bond donors (Lipinski definition) is 1. The van der Waals surface area contributed by atoms with Gasteiger partial charge in [0.05, 0.1) is 6.04 Å². The van der Waals surface area contributed by atoms with E-state index in [1.54, 1.807) is 19.1 Å². The minimum absolute atomic E-state index is 0.0142. The van der Waals surface area contributed by atoms with Gasteiger partial charge < -0.3 is 5.32 Å². The van der Waals surface area contributed by atoms with Gasteiger partial charge in [0.2, 0.25) is 5.91 Å². The Bertz CT molecular complexity index is 673. The first-order chi connectivity index (χ1) is 12.4. The molecule has 2 unspecified atom stereocenters. The lowest BCUT2D eigenvalue weighted by molar-refractivity contribution is -0.119. The van der Waals surface area contributed by atoms with E-state index in [-0.39, 0.29) is 11.9 Å². The van der Waals surface area contributed by atoms with E-state index in [0.29, 0.717) is 6.54 Å². The molecule has 26 heavy (non-hydrogen) atoms. The Morgan fingerprint density at radius 1 is 1.15 bits per heavy atom. The lowest BCUT2D eigenvalue weighted by Gasteiger charge is -2.42. The van der Waals surface area contributed by atoms with Crippen LogP contribution in [0.3, 0.4) is 0 Å². The van der Waals surface area contributed by atoms with E-state index in [1.165, 1.54) is 12.5 Å². The van der Waals surface area contributed by atoms with Crippen molar-refractivity contribution in [3.8, 4) is 0 Å². The molecule has 1 N–H and O–H groups in total. The molecule has 1 amide bonds. The van der Waals surface area contributed by atoms with Crippen molar-refractivity contribution in [1.82, 2.24) is 15.1 Å². The summed E-state index contributed by atoms with van der Waals surface area (Å²) in [4.78, 5) is 15.6. The fraction of sp³-hybridized carbons (Fsp3) is 0.476. The van der Waals surface area contributed by atoms with Crippen LogP contribution in [0.5, 0.6) is 0 Å². The minimum atomic E-state index is -1.29. The summed E-state index contributed by atoms with van der Waals surface area (Å²) in [5.74, 6) is -0.0142. The molecule has 3 rings (SSSR count). The molecule has 1 saturated heterocycles. The van der Waals surface area contributed by atoms with Crippen molar-refractivity contribution >= 4 is 5.91 Å². The summed E-state index contributed by atoms with van der Waals surface area (Å²) in [5.41, 5.74) is 1.08. The third kappa shape index (κ3) is 4.80. The van der Waals surface area contributed by atoms with Crippen LogP contribution in [0.15, 0.2) is 48.6 Å². The molecule has 0 aromatic heterocycles. The summed E-state index contributed by atoms with van der Waals surface area (Å²) in [6.45, 7) is 8.30. The quantitative estimate of drug-likeness (QED) is 0.880. The summed E-state index contributed by atoms with van der Waals surface area (Å²) in [6.07, 6.45) is 7.37. The number of piperazine rings is 1. The fourth-order valence-corrected chi connectivity index (χ4v) is 3.63. The standard InChI is InChI=1S/C21H28FN3O/c1-17(26)23-15-18-6-8-19(9-7-18)16-24-11-13-25(14-12-24)20-5-3-4-10-21(20,2)22/h3-10,20H,11-16H2,1-2H3,(H,23,26). The van der Waals surface area contributed by atoms with Gasteiger partial charge in [-0.1, -0.05) is 42.5 Å². The number of benzene rings is 1. The van der Waals surface area contributed by atoms with Crippen molar-refractivity contribution in [2.75, 3.05) is 26.2 Å². The molecular weight excluding hydrogens is 329 g/mol. The highest BCUT2D eigenvalue weighted by Gasteiger charge is 2.36. The predicted octanol–water partition coefficient (Wildman–Crippen LogP) is 2.66. The van der Waals surface area contributed by atoms with Crippen LogP contribution in [0.4, 0.5) is 4.39 Å². The monoisotopic (exact) mass is 357 g/mol. The Balaban J connectivity index is 1.49. The number of nitrogens with zero attached hydrogens (tertiary/aromatic N) is 2. The number of nitrogens with one attached hydrogen (secondary N) is 1. The van der Waals surface area contributed by atoms with Crippen molar-refractivity contribution in [3.63, 3.8) is 0 Å². The molecule has 4 nitrogen and oxygen atoms in total. The van der Waals surface area contributed by atoms with Gasteiger partial charge in [-0.05, 0) is 24.1 Å². The van der Waals surface area contributed by atoms with E-state index in [4.69, 9.17) is 0 Å². The van der Waals surface area contributed by atoms with E-state index in [9.17, 15) is 9.18 Å². The highest BCUT2D eigenvalue weighted by atomic mass is 19.1. The average molecular weight is 357 g/mol. The van der Waals surface area contributed by atoms with E-state index < -0.39 is 5.67 Å². The Hall–Kier alpha value is -1.98. The SMILES string of the molecule is CC(=O)NCc1ccc(CN2CCN(C3C=CC=CC3(C)F)CC2)cc1. The lowest BCUT2D eigenvalue weighted by atomic mass is 9.92. The zero-order valence-electron chi connectivity index (χ0n) is 15.6. The number of rotatable bonds is 5. The van der Waals surface area contributed by atoms with E-state index in [2.05, 4.69) is 39.4 Å². The number of carbonyl (C=O) groups is 1. The molecule has 1 fully saturated rings. The number of amides is 1. The van der Waals surface area contributed by atoms with Gasteiger partial charge in [0, 0.05) is 46.2 Å². The van der Waals surface area contributed by atoms with Crippen LogP contribution < -0.4 is 5.32 Å². The average Bonchev–Trinajstić information content (AvgIpc) is 2.62. The minimum Gasteiger partial charge on any atom is -0.352 e. The highest BCUT2D eigenvalue weighted by Crippen LogP contribution is 2.27. The van der Waals surface area contributed by atoms with Gasteiger partial charge in [0.25, 0.3) is 0 Å². The van der Waals surface area contributed by atoms with Crippen molar-refractivity contribution in [2.45, 2.75) is 38.6 Å². The van der Waals surface area contributed by atoms with Crippen molar-refractivity contribution in [1.29, 1.82) is 0 Å². The van der Waals surface area contributed by atoms with Crippen LogP contribution in [0.2, 0.25) is 0 Å². The van der Waals surface area contributed by atoms with Gasteiger partial charge in [-0.15, -0.1) is 0 Å². The number of allylic oxidation sites excluding steroid dienone is 2. The van der Waals surface area contributed by atoms with Crippen LogP contribution >= 0.6 is 0 Å². The van der Waals surface area contributed by atoms with Gasteiger partial charge in [-0.25, -0.2) is 4.39 Å². The van der Waals surface area contributed by atoms with Crippen LogP contribution in [0, 0.1) is 0 Å². The Labute approximate surface area is 155 Å². The molecule has 0 bridgehead atoms. The van der Waals surface area contributed by atoms with Crippen molar-refractivity contribution in [3.05, 3.63) is 59.7 Å². The maximum Gasteiger partial charge on any atom is 0.217 e. The predicted molar refractivity (Wildman–Crippen MR) is 102 cm³/mol. The zero-order chi connectivity index (χ0) is 18.6. The van der Waals surface area contributed by atoms with Crippen molar-refractivity contribution in [2.24, 2.45) is 0 Å². The molecule has 1 heterocycles. The molecule has 2 aliphatic rings. The summed E-state index contributed by atoms with van der Waals surface area (Å²) in [5, 5.41) is 2.81. The second-order valence-electron chi connectivity index (χ2n) is 7.38. The van der Waals surface area contributed by atoms with Crippen LogP contribution in [-0.2, 0) is 17.9 Å². The smallest absolute Gasteiger partial charge is 0.217 e. The molecule has 140 valence electrons. The lowest BCUT2D eigenvalue weighted by Crippen LogP contribution is -2.55. The molecule has 5 heteroatoms. The number of carbonyl (C=O) groups excluding carboxylic acids is 1. The van der Waals surface area contributed by atoms with Gasteiger partial charge in [0.15, 0.2) is 0 Å². The second kappa shape index (κ2) is 8.14. The first-order valence-electron chi connectivity index (χ1n) is 9.28. The molecule has 1 aliphatic carbocycles. The molecule has 1 aromatic rings. The summed E-state index contributed by atoms with van der Waals surface area (Å²) in [7, 11) is 0. The fourth-order valence-electron chi connectivity index (χ4n) is 3.63. The maximum absolute atomic E-state index is 14.7. The Morgan fingerprint density at radius 2 is 1.81 bits per heavy atom. The molecule has 0 saturated carbocycles. The van der Waals surface area contributed by atoms with Gasteiger partial charge in [-0.3, -0.25) is 14.6 Å². The number of halogens is 1. The van der Waals surface area contributed by atoms with Gasteiger partial charge in [-0.2, -0.15) is 0 Å². The Kier molecular flexibility index (Phi) is 5.89. The topological polar surface area (TPSA) is 35.6 Å². The number of alkyl halides is 1. The van der Waals surface area contributed by atoms with Crippen molar-refractivity contribution < 1.29 is 9.18 Å². The highest BCUT2D eigenvalue weighted by molar-refractivity contribution is 5.72. The van der Waals surface area contributed by atoms with E-state index in [0.717, 1.165) is 38.3 Å². The Morgan fingerprint density at radius 3 is 2.42 bits per heavy atom. The van der Waals surface area contributed by atoms with E-state index >= 15 is 0 Å². The van der Waals surface area contributed by atoms with E-state index in [1.807, 2.05) is 12.2 Å². The molecular formula is C21H28FN3O. The third-order valence-electron chi connectivity index (χ3n) is 5.18. The molecule has 0 spiro atoms. The first-order valence-corrected chi connectivity index (χ1v) is 9.28. The van der Waals surface area contributed by atoms with Crippen LogP contribution in [-0.4, -0.2) is 53.6 Å². The summed E-state index contributed by atoms with van der Waals surface area (Å²) < 4.78 is 14.7. The molecule has 2 atom stereocenters. The van der Waals surface area contributed by atoms with Crippen LogP contribution in [0.1, 0.15) is 25.0 Å². The summed E-state index contributed by atoms with van der Waals surface area (Å²) >= 11 is 0. The molecule has 1 aromatic carbocycles. The molecule has 1 aliphatic heterocycles. The summed E-state index contributed by atoms with van der Waals surface area (Å²) in [6, 6.07) is 8.21. The normalized spacial score (nSPS) is 26.8. The second-order valence-corrected chi connectivity index (χ2v) is 7.38.